The molecule has 102 valence electrons. The smallest absolute Gasteiger partial charge is 0.172 e. The van der Waals surface area contributed by atoms with Crippen LogP contribution in [-0.2, 0) is 0 Å². The van der Waals surface area contributed by atoms with Gasteiger partial charge in [0.05, 0.1) is 17.7 Å². The van der Waals surface area contributed by atoms with E-state index in [1.807, 2.05) is 19.1 Å². The topological polar surface area (TPSA) is 50.8 Å². The molecule has 0 N–H and O–H groups in total. The van der Waals surface area contributed by atoms with Gasteiger partial charge in [-0.1, -0.05) is 25.1 Å². The average Bonchev–Trinajstić information content (AvgIpc) is 2.48. The van der Waals surface area contributed by atoms with E-state index < -0.39 is 5.41 Å². The highest BCUT2D eigenvalue weighted by Gasteiger charge is 2.60. The number of fused-ring (bicyclic) bond motifs is 3. The largest absolute Gasteiger partial charge is 0.363 e. The Bertz CT molecular complexity index is 608. The van der Waals surface area contributed by atoms with Crippen molar-refractivity contribution in [2.45, 2.75) is 44.6 Å². The molecular weight excluding hydrogens is 246 g/mol. The quantitative estimate of drug-likeness (QED) is 0.720. The molecule has 1 aromatic carbocycles. The molecular formula is C17H19N3. The van der Waals surface area contributed by atoms with E-state index in [-0.39, 0.29) is 11.5 Å². The lowest BCUT2D eigenvalue weighted by atomic mass is 9.57. The van der Waals surface area contributed by atoms with E-state index >= 15 is 0 Å². The maximum absolute atomic E-state index is 9.84. The van der Waals surface area contributed by atoms with Crippen LogP contribution in [0.1, 0.15) is 44.6 Å². The molecule has 2 atom stereocenters. The van der Waals surface area contributed by atoms with E-state index in [2.05, 4.69) is 36.1 Å². The fourth-order valence-electron chi connectivity index (χ4n) is 4.18. The van der Waals surface area contributed by atoms with Crippen LogP contribution in [0.3, 0.4) is 0 Å². The SMILES string of the molecule is C[C@@H]1c2ccccc2N2CCCC[C@]2(C)C1(C#N)C#N. The van der Waals surface area contributed by atoms with Crippen molar-refractivity contribution in [2.75, 3.05) is 11.4 Å². The van der Waals surface area contributed by atoms with Crippen molar-refractivity contribution in [2.24, 2.45) is 5.41 Å². The number of para-hydroxylation sites is 1. The van der Waals surface area contributed by atoms with Crippen LogP contribution in [-0.4, -0.2) is 12.1 Å². The van der Waals surface area contributed by atoms with Gasteiger partial charge in [0, 0.05) is 18.2 Å². The molecule has 0 unspecified atom stereocenters. The molecule has 0 amide bonds. The van der Waals surface area contributed by atoms with E-state index in [1.165, 1.54) is 5.69 Å². The Morgan fingerprint density at radius 1 is 1.20 bits per heavy atom. The summed E-state index contributed by atoms with van der Waals surface area (Å²) in [5.41, 5.74) is 0.989. The number of anilines is 1. The number of benzene rings is 1. The molecule has 2 heterocycles. The summed E-state index contributed by atoms with van der Waals surface area (Å²) in [4.78, 5) is 2.32. The molecule has 3 nitrogen and oxygen atoms in total. The average molecular weight is 265 g/mol. The third-order valence-electron chi connectivity index (χ3n) is 5.44. The molecule has 0 spiro atoms. The van der Waals surface area contributed by atoms with Crippen molar-refractivity contribution in [1.29, 1.82) is 10.5 Å². The molecule has 1 aromatic rings. The van der Waals surface area contributed by atoms with E-state index in [4.69, 9.17) is 0 Å². The van der Waals surface area contributed by atoms with E-state index in [9.17, 15) is 10.5 Å². The third-order valence-corrected chi connectivity index (χ3v) is 5.44. The van der Waals surface area contributed by atoms with Gasteiger partial charge >= 0.3 is 0 Å². The second kappa shape index (κ2) is 4.25. The maximum atomic E-state index is 9.84. The zero-order valence-corrected chi connectivity index (χ0v) is 12.1. The number of nitriles is 2. The van der Waals surface area contributed by atoms with Gasteiger partial charge in [0.15, 0.2) is 5.41 Å². The minimum Gasteiger partial charge on any atom is -0.363 e. The fourth-order valence-corrected chi connectivity index (χ4v) is 4.18. The van der Waals surface area contributed by atoms with Gasteiger partial charge < -0.3 is 4.90 Å². The summed E-state index contributed by atoms with van der Waals surface area (Å²) in [5.74, 6) is -0.0620. The Morgan fingerprint density at radius 2 is 1.90 bits per heavy atom. The van der Waals surface area contributed by atoms with Crippen molar-refractivity contribution in [3.05, 3.63) is 29.8 Å². The summed E-state index contributed by atoms with van der Waals surface area (Å²) in [6, 6.07) is 13.0. The Balaban J connectivity index is 2.30. The molecule has 3 heteroatoms. The highest BCUT2D eigenvalue weighted by molar-refractivity contribution is 5.64. The van der Waals surface area contributed by atoms with Crippen LogP contribution < -0.4 is 4.90 Å². The first-order valence-electron chi connectivity index (χ1n) is 7.30. The Labute approximate surface area is 120 Å². The van der Waals surface area contributed by atoms with Crippen molar-refractivity contribution in [1.82, 2.24) is 0 Å². The molecule has 20 heavy (non-hydrogen) atoms. The van der Waals surface area contributed by atoms with Crippen LogP contribution in [0.15, 0.2) is 24.3 Å². The van der Waals surface area contributed by atoms with Crippen LogP contribution in [0.4, 0.5) is 5.69 Å². The van der Waals surface area contributed by atoms with Gasteiger partial charge in [-0.2, -0.15) is 10.5 Å². The highest BCUT2D eigenvalue weighted by atomic mass is 15.2. The summed E-state index contributed by atoms with van der Waals surface area (Å²) in [6.45, 7) is 5.07. The predicted molar refractivity (Wildman–Crippen MR) is 78.1 cm³/mol. The second-order valence-corrected chi connectivity index (χ2v) is 6.19. The lowest BCUT2D eigenvalue weighted by Crippen LogP contribution is -2.64. The summed E-state index contributed by atoms with van der Waals surface area (Å²) in [5, 5.41) is 19.7. The first-order chi connectivity index (χ1) is 9.60. The van der Waals surface area contributed by atoms with Crippen molar-refractivity contribution in [3.8, 4) is 12.1 Å². The number of hydrogen-bond acceptors (Lipinski definition) is 3. The summed E-state index contributed by atoms with van der Waals surface area (Å²) >= 11 is 0. The van der Waals surface area contributed by atoms with Crippen molar-refractivity contribution in [3.63, 3.8) is 0 Å². The molecule has 1 fully saturated rings. The van der Waals surface area contributed by atoms with Gasteiger partial charge in [-0.25, -0.2) is 0 Å². The first kappa shape index (κ1) is 13.0. The molecule has 1 saturated heterocycles. The normalized spacial score (nSPS) is 30.6. The minimum absolute atomic E-state index is 0.0620. The lowest BCUT2D eigenvalue weighted by molar-refractivity contribution is 0.170. The van der Waals surface area contributed by atoms with Gasteiger partial charge in [-0.15, -0.1) is 0 Å². The third kappa shape index (κ3) is 1.33. The summed E-state index contributed by atoms with van der Waals surface area (Å²) in [6.07, 6.45) is 3.13. The summed E-state index contributed by atoms with van der Waals surface area (Å²) in [7, 11) is 0. The zero-order chi connectivity index (χ0) is 14.4. The Hall–Kier alpha value is -2.00. The molecule has 0 saturated carbocycles. The standard InChI is InChI=1S/C17H19N3/c1-13-14-7-3-4-8-15(14)20-10-6-5-9-16(20,2)17(13,11-18)12-19/h3-4,7-8,13H,5-6,9-10H2,1-2H3/t13-,16-/m1/s1. The van der Waals surface area contributed by atoms with Gasteiger partial charge in [0.2, 0.25) is 0 Å². The monoisotopic (exact) mass is 265 g/mol. The molecule has 2 aliphatic rings. The van der Waals surface area contributed by atoms with Gasteiger partial charge in [0.1, 0.15) is 0 Å². The Kier molecular flexibility index (Phi) is 2.76. The number of hydrogen-bond donors (Lipinski definition) is 0. The molecule has 2 aliphatic heterocycles. The zero-order valence-electron chi connectivity index (χ0n) is 12.1. The number of piperidine rings is 1. The number of rotatable bonds is 0. The lowest BCUT2D eigenvalue weighted by Gasteiger charge is -2.57. The van der Waals surface area contributed by atoms with Gasteiger partial charge in [-0.05, 0) is 37.8 Å². The highest BCUT2D eigenvalue weighted by Crippen LogP contribution is 2.57. The Morgan fingerprint density at radius 3 is 2.60 bits per heavy atom. The first-order valence-corrected chi connectivity index (χ1v) is 7.30. The summed E-state index contributed by atoms with van der Waals surface area (Å²) < 4.78 is 0. The fraction of sp³-hybridized carbons (Fsp3) is 0.529. The molecule has 3 rings (SSSR count). The van der Waals surface area contributed by atoms with Crippen LogP contribution in [0, 0.1) is 28.1 Å². The maximum Gasteiger partial charge on any atom is 0.172 e. The minimum atomic E-state index is -0.970. The molecule has 0 aromatic heterocycles. The van der Waals surface area contributed by atoms with E-state index in [0.717, 1.165) is 31.4 Å². The van der Waals surface area contributed by atoms with E-state index in [0.29, 0.717) is 0 Å². The van der Waals surface area contributed by atoms with Crippen LogP contribution in [0.2, 0.25) is 0 Å². The molecule has 0 aliphatic carbocycles. The number of nitrogens with zero attached hydrogens (tertiary/aromatic N) is 3. The predicted octanol–water partition coefficient (Wildman–Crippen LogP) is 3.59. The van der Waals surface area contributed by atoms with Gasteiger partial charge in [-0.3, -0.25) is 0 Å². The van der Waals surface area contributed by atoms with Crippen LogP contribution in [0.25, 0.3) is 0 Å². The molecule has 0 radical (unpaired) electrons. The molecule has 0 bridgehead atoms. The van der Waals surface area contributed by atoms with Crippen LogP contribution in [0.5, 0.6) is 0 Å². The van der Waals surface area contributed by atoms with E-state index in [1.54, 1.807) is 0 Å². The van der Waals surface area contributed by atoms with Crippen molar-refractivity contribution >= 4 is 5.69 Å². The van der Waals surface area contributed by atoms with Crippen molar-refractivity contribution < 1.29 is 0 Å². The van der Waals surface area contributed by atoms with Gasteiger partial charge in [0.25, 0.3) is 0 Å². The second-order valence-electron chi connectivity index (χ2n) is 6.19. The van der Waals surface area contributed by atoms with Crippen LogP contribution >= 0.6 is 0 Å².